The molecule has 3 rings (SSSR count). The molecule has 0 unspecified atom stereocenters. The number of nitrogens with one attached hydrogen (secondary N) is 1. The first-order valence-electron chi connectivity index (χ1n) is 6.04. The molecule has 0 saturated carbocycles. The highest BCUT2D eigenvalue weighted by Gasteiger charge is 2.13. The van der Waals surface area contributed by atoms with E-state index in [2.05, 4.69) is 49.5 Å². The van der Waals surface area contributed by atoms with Crippen molar-refractivity contribution in [3.63, 3.8) is 0 Å². The second-order valence-electron chi connectivity index (χ2n) is 4.37. The van der Waals surface area contributed by atoms with E-state index in [1.807, 2.05) is 0 Å². The van der Waals surface area contributed by atoms with Crippen LogP contribution in [0.4, 0.5) is 5.82 Å². The molecule has 1 aliphatic carbocycles. The molecule has 0 aliphatic heterocycles. The standard InChI is InChI=1S/C13H13BrN4S/c14-11-12(18-15)16-7-17-13(11)19-10-5-4-8-2-1-3-9(8)6-10/h4-7H,1-3,15H2,(H,16,17,18). The molecule has 1 aliphatic rings. The smallest absolute Gasteiger partial charge is 0.158 e. The van der Waals surface area contributed by atoms with Gasteiger partial charge in [0.1, 0.15) is 11.4 Å². The first kappa shape index (κ1) is 12.9. The van der Waals surface area contributed by atoms with Gasteiger partial charge >= 0.3 is 0 Å². The molecule has 1 aromatic heterocycles. The molecule has 98 valence electrons. The Bertz CT molecular complexity index is 618. The monoisotopic (exact) mass is 336 g/mol. The van der Waals surface area contributed by atoms with Gasteiger partial charge in [-0.15, -0.1) is 0 Å². The molecule has 2 aromatic rings. The predicted octanol–water partition coefficient (Wildman–Crippen LogP) is 3.16. The number of benzene rings is 1. The summed E-state index contributed by atoms with van der Waals surface area (Å²) in [5, 5.41) is 0.862. The van der Waals surface area contributed by atoms with Crippen LogP contribution in [0.5, 0.6) is 0 Å². The number of halogens is 1. The van der Waals surface area contributed by atoms with E-state index < -0.39 is 0 Å². The summed E-state index contributed by atoms with van der Waals surface area (Å²) < 4.78 is 0.794. The van der Waals surface area contributed by atoms with E-state index in [0.29, 0.717) is 5.82 Å². The lowest BCUT2D eigenvalue weighted by molar-refractivity contribution is 0.911. The largest absolute Gasteiger partial charge is 0.307 e. The third kappa shape index (κ3) is 2.61. The average Bonchev–Trinajstić information content (AvgIpc) is 2.88. The number of nitrogens with zero attached hydrogens (tertiary/aromatic N) is 2. The Labute approximate surface area is 124 Å². The van der Waals surface area contributed by atoms with Crippen molar-refractivity contribution in [1.29, 1.82) is 0 Å². The maximum absolute atomic E-state index is 5.41. The number of aryl methyl sites for hydroxylation is 2. The Balaban J connectivity index is 1.89. The number of hydrazine groups is 1. The van der Waals surface area contributed by atoms with Crippen molar-refractivity contribution in [1.82, 2.24) is 9.97 Å². The number of nitrogen functional groups attached to an aromatic ring is 1. The van der Waals surface area contributed by atoms with Crippen molar-refractivity contribution in [2.24, 2.45) is 5.84 Å². The van der Waals surface area contributed by atoms with E-state index in [9.17, 15) is 0 Å². The van der Waals surface area contributed by atoms with Crippen molar-refractivity contribution in [2.75, 3.05) is 5.43 Å². The topological polar surface area (TPSA) is 63.8 Å². The van der Waals surface area contributed by atoms with Gasteiger partial charge in [0.05, 0.1) is 4.47 Å². The third-order valence-corrected chi connectivity index (χ3v) is 5.18. The highest BCUT2D eigenvalue weighted by Crippen LogP contribution is 2.36. The summed E-state index contributed by atoms with van der Waals surface area (Å²) in [6.07, 6.45) is 5.17. The van der Waals surface area contributed by atoms with Crippen molar-refractivity contribution < 1.29 is 0 Å². The fourth-order valence-corrected chi connectivity index (χ4v) is 3.66. The molecule has 0 spiro atoms. The molecule has 0 atom stereocenters. The minimum absolute atomic E-state index is 0.596. The second kappa shape index (κ2) is 5.48. The summed E-state index contributed by atoms with van der Waals surface area (Å²) in [5.41, 5.74) is 5.50. The van der Waals surface area contributed by atoms with Crippen LogP contribution in [0.25, 0.3) is 0 Å². The highest BCUT2D eigenvalue weighted by molar-refractivity contribution is 9.10. The van der Waals surface area contributed by atoms with Gasteiger partial charge in [-0.2, -0.15) is 0 Å². The quantitative estimate of drug-likeness (QED) is 0.512. The molecule has 1 heterocycles. The molecule has 6 heteroatoms. The summed E-state index contributed by atoms with van der Waals surface area (Å²) >= 11 is 5.09. The van der Waals surface area contributed by atoms with Crippen LogP contribution in [-0.4, -0.2) is 9.97 Å². The zero-order chi connectivity index (χ0) is 13.2. The summed E-state index contributed by atoms with van der Waals surface area (Å²) in [6.45, 7) is 0. The highest BCUT2D eigenvalue weighted by atomic mass is 79.9. The Morgan fingerprint density at radius 3 is 2.89 bits per heavy atom. The number of nitrogens with two attached hydrogens (primary N) is 1. The zero-order valence-corrected chi connectivity index (χ0v) is 12.6. The Hall–Kier alpha value is -1.11. The van der Waals surface area contributed by atoms with E-state index in [1.54, 1.807) is 11.8 Å². The summed E-state index contributed by atoms with van der Waals surface area (Å²) in [6, 6.07) is 6.64. The molecule has 19 heavy (non-hydrogen) atoms. The van der Waals surface area contributed by atoms with Gasteiger partial charge in [-0.05, 0) is 58.5 Å². The Kier molecular flexibility index (Phi) is 3.72. The van der Waals surface area contributed by atoms with Gasteiger partial charge in [-0.3, -0.25) is 0 Å². The van der Waals surface area contributed by atoms with E-state index in [4.69, 9.17) is 5.84 Å². The molecule has 0 amide bonds. The number of aromatic nitrogens is 2. The number of rotatable bonds is 3. The van der Waals surface area contributed by atoms with E-state index in [-0.39, 0.29) is 0 Å². The zero-order valence-electron chi connectivity index (χ0n) is 10.2. The molecular formula is C13H13BrN4S. The lowest BCUT2D eigenvalue weighted by Gasteiger charge is -2.08. The van der Waals surface area contributed by atoms with Crippen LogP contribution in [-0.2, 0) is 12.8 Å². The van der Waals surface area contributed by atoms with Crippen LogP contribution < -0.4 is 11.3 Å². The summed E-state index contributed by atoms with van der Waals surface area (Å²) in [7, 11) is 0. The van der Waals surface area contributed by atoms with Gasteiger partial charge in [0.2, 0.25) is 0 Å². The van der Waals surface area contributed by atoms with Crippen LogP contribution in [0.15, 0.2) is 38.9 Å². The van der Waals surface area contributed by atoms with Gasteiger partial charge in [-0.25, -0.2) is 15.8 Å². The number of fused-ring (bicyclic) bond motifs is 1. The van der Waals surface area contributed by atoms with E-state index >= 15 is 0 Å². The van der Waals surface area contributed by atoms with E-state index in [0.717, 1.165) is 9.50 Å². The maximum atomic E-state index is 5.41. The first-order valence-corrected chi connectivity index (χ1v) is 7.65. The molecule has 0 fully saturated rings. The van der Waals surface area contributed by atoms with Gasteiger partial charge < -0.3 is 5.43 Å². The van der Waals surface area contributed by atoms with E-state index in [1.165, 1.54) is 41.6 Å². The third-order valence-electron chi connectivity index (χ3n) is 3.18. The van der Waals surface area contributed by atoms with Crippen molar-refractivity contribution in [2.45, 2.75) is 29.2 Å². The average molecular weight is 337 g/mol. The fraction of sp³-hybridized carbons (Fsp3) is 0.231. The van der Waals surface area contributed by atoms with Gasteiger partial charge in [-0.1, -0.05) is 17.8 Å². The van der Waals surface area contributed by atoms with Crippen LogP contribution in [0.3, 0.4) is 0 Å². The van der Waals surface area contributed by atoms with Gasteiger partial charge in [0, 0.05) is 4.90 Å². The predicted molar refractivity (Wildman–Crippen MR) is 80.1 cm³/mol. The first-order chi connectivity index (χ1) is 9.28. The normalized spacial score (nSPS) is 13.4. The van der Waals surface area contributed by atoms with Crippen molar-refractivity contribution >= 4 is 33.5 Å². The Morgan fingerprint density at radius 2 is 2.05 bits per heavy atom. The lowest BCUT2D eigenvalue weighted by atomic mass is 10.1. The number of hydrogen-bond donors (Lipinski definition) is 2. The summed E-state index contributed by atoms with van der Waals surface area (Å²) in [5.74, 6) is 6.00. The molecule has 4 nitrogen and oxygen atoms in total. The second-order valence-corrected chi connectivity index (χ2v) is 6.23. The maximum Gasteiger partial charge on any atom is 0.158 e. The number of hydrogen-bond acceptors (Lipinski definition) is 5. The van der Waals surface area contributed by atoms with Gasteiger partial charge in [0.15, 0.2) is 5.82 Å². The molecule has 0 saturated heterocycles. The number of anilines is 1. The van der Waals surface area contributed by atoms with Crippen LogP contribution in [0.1, 0.15) is 17.5 Å². The fourth-order valence-electron chi connectivity index (χ4n) is 2.25. The molecular weight excluding hydrogens is 324 g/mol. The Morgan fingerprint density at radius 1 is 1.21 bits per heavy atom. The van der Waals surface area contributed by atoms with Crippen molar-refractivity contribution in [3.8, 4) is 0 Å². The lowest BCUT2D eigenvalue weighted by Crippen LogP contribution is -2.09. The van der Waals surface area contributed by atoms with Crippen LogP contribution in [0.2, 0.25) is 0 Å². The molecule has 0 radical (unpaired) electrons. The van der Waals surface area contributed by atoms with Crippen molar-refractivity contribution in [3.05, 3.63) is 40.1 Å². The summed E-state index contributed by atoms with van der Waals surface area (Å²) in [4.78, 5) is 9.53. The minimum atomic E-state index is 0.596. The van der Waals surface area contributed by atoms with Gasteiger partial charge in [0.25, 0.3) is 0 Å². The SMILES string of the molecule is NNc1ncnc(Sc2ccc3c(c2)CCC3)c1Br. The molecule has 0 bridgehead atoms. The molecule has 3 N–H and O–H groups in total. The van der Waals surface area contributed by atoms with Crippen LogP contribution >= 0.6 is 27.7 Å². The van der Waals surface area contributed by atoms with Crippen LogP contribution in [0, 0.1) is 0 Å². The minimum Gasteiger partial charge on any atom is -0.307 e. The molecule has 1 aromatic carbocycles.